The monoisotopic (exact) mass is 211 g/mol. The molecule has 1 aliphatic carbocycles. The summed E-state index contributed by atoms with van der Waals surface area (Å²) in [7, 11) is 0. The van der Waals surface area contributed by atoms with Crippen LogP contribution < -0.4 is 5.32 Å². The molecule has 0 radical (unpaired) electrons. The first-order chi connectivity index (χ1) is 7.27. The lowest BCUT2D eigenvalue weighted by Crippen LogP contribution is -2.54. The number of aliphatic hydroxyl groups is 1. The molecule has 2 fully saturated rings. The molecule has 2 nitrogen and oxygen atoms in total. The van der Waals surface area contributed by atoms with Crippen LogP contribution in [0, 0.1) is 11.8 Å². The Morgan fingerprint density at radius 1 is 1.27 bits per heavy atom. The molecule has 2 unspecified atom stereocenters. The maximum Gasteiger partial charge on any atom is 0.0727 e. The maximum absolute atomic E-state index is 10.9. The minimum atomic E-state index is -0.347. The molecular weight excluding hydrogens is 186 g/mol. The molecule has 2 heteroatoms. The average molecular weight is 211 g/mol. The van der Waals surface area contributed by atoms with E-state index < -0.39 is 0 Å². The highest BCUT2D eigenvalue weighted by Gasteiger charge is 2.44. The van der Waals surface area contributed by atoms with E-state index in [0.29, 0.717) is 11.8 Å². The summed E-state index contributed by atoms with van der Waals surface area (Å²) in [6, 6.07) is 0. The average Bonchev–Trinajstić information content (AvgIpc) is 2.31. The van der Waals surface area contributed by atoms with Crippen molar-refractivity contribution in [2.24, 2.45) is 11.8 Å². The van der Waals surface area contributed by atoms with Crippen LogP contribution in [0.1, 0.15) is 51.9 Å². The summed E-state index contributed by atoms with van der Waals surface area (Å²) in [5, 5.41) is 14.3. The van der Waals surface area contributed by atoms with Gasteiger partial charge in [-0.1, -0.05) is 26.2 Å². The maximum atomic E-state index is 10.9. The van der Waals surface area contributed by atoms with Crippen molar-refractivity contribution in [3.05, 3.63) is 0 Å². The van der Waals surface area contributed by atoms with Crippen LogP contribution in [0.3, 0.4) is 0 Å². The zero-order valence-electron chi connectivity index (χ0n) is 9.97. The molecule has 88 valence electrons. The smallest absolute Gasteiger partial charge is 0.0727 e. The van der Waals surface area contributed by atoms with Crippen LogP contribution in [0.25, 0.3) is 0 Å². The summed E-state index contributed by atoms with van der Waals surface area (Å²) < 4.78 is 0. The van der Waals surface area contributed by atoms with Crippen LogP contribution in [-0.4, -0.2) is 23.8 Å². The molecule has 0 aromatic heterocycles. The van der Waals surface area contributed by atoms with Crippen LogP contribution in [0.15, 0.2) is 0 Å². The van der Waals surface area contributed by atoms with E-state index >= 15 is 0 Å². The Hall–Kier alpha value is -0.0800. The molecule has 15 heavy (non-hydrogen) atoms. The first kappa shape index (κ1) is 11.4. The Bertz CT molecular complexity index is 201. The zero-order valence-corrected chi connectivity index (χ0v) is 9.97. The summed E-state index contributed by atoms with van der Waals surface area (Å²) in [5.74, 6) is 1.06. The van der Waals surface area contributed by atoms with Crippen molar-refractivity contribution in [3.8, 4) is 0 Å². The minimum absolute atomic E-state index is 0.347. The van der Waals surface area contributed by atoms with Gasteiger partial charge in [0.05, 0.1) is 5.60 Å². The highest BCUT2D eigenvalue weighted by molar-refractivity contribution is 4.97. The van der Waals surface area contributed by atoms with Gasteiger partial charge in [0.1, 0.15) is 0 Å². The normalized spacial score (nSPS) is 39.2. The molecule has 2 atom stereocenters. The van der Waals surface area contributed by atoms with Gasteiger partial charge in [0.25, 0.3) is 0 Å². The van der Waals surface area contributed by atoms with Crippen LogP contribution in [-0.2, 0) is 0 Å². The molecule has 0 amide bonds. The molecule has 1 heterocycles. The molecule has 2 aliphatic rings. The molecule has 2 N–H and O–H groups in total. The first-order valence-electron chi connectivity index (χ1n) is 6.70. The lowest BCUT2D eigenvalue weighted by atomic mass is 9.67. The second-order valence-corrected chi connectivity index (χ2v) is 5.39. The Labute approximate surface area is 93.5 Å². The van der Waals surface area contributed by atoms with Crippen molar-refractivity contribution in [2.75, 3.05) is 13.1 Å². The largest absolute Gasteiger partial charge is 0.389 e. The highest BCUT2D eigenvalue weighted by Crippen LogP contribution is 2.41. The van der Waals surface area contributed by atoms with Gasteiger partial charge < -0.3 is 10.4 Å². The van der Waals surface area contributed by atoms with E-state index in [0.717, 1.165) is 25.9 Å². The van der Waals surface area contributed by atoms with E-state index in [1.807, 2.05) is 0 Å². The lowest BCUT2D eigenvalue weighted by molar-refractivity contribution is -0.0992. The van der Waals surface area contributed by atoms with Crippen LogP contribution >= 0.6 is 0 Å². The van der Waals surface area contributed by atoms with Crippen molar-refractivity contribution in [1.29, 1.82) is 0 Å². The molecule has 1 aliphatic heterocycles. The molecule has 0 aromatic carbocycles. The third kappa shape index (κ3) is 2.21. The summed E-state index contributed by atoms with van der Waals surface area (Å²) in [4.78, 5) is 0. The summed E-state index contributed by atoms with van der Waals surface area (Å²) in [6.07, 6.45) is 8.63. The van der Waals surface area contributed by atoms with E-state index in [1.54, 1.807) is 0 Å². The van der Waals surface area contributed by atoms with Crippen LogP contribution in [0.5, 0.6) is 0 Å². The van der Waals surface area contributed by atoms with Gasteiger partial charge >= 0.3 is 0 Å². The summed E-state index contributed by atoms with van der Waals surface area (Å²) in [6.45, 7) is 4.23. The van der Waals surface area contributed by atoms with Crippen molar-refractivity contribution in [3.63, 3.8) is 0 Å². The third-order valence-corrected chi connectivity index (χ3v) is 4.60. The van der Waals surface area contributed by atoms with Crippen molar-refractivity contribution in [2.45, 2.75) is 57.5 Å². The molecule has 2 rings (SSSR count). The second kappa shape index (κ2) is 4.84. The fourth-order valence-electron chi connectivity index (χ4n) is 3.58. The zero-order chi connectivity index (χ0) is 10.7. The summed E-state index contributed by atoms with van der Waals surface area (Å²) >= 11 is 0. The van der Waals surface area contributed by atoms with Gasteiger partial charge in [-0.15, -0.1) is 0 Å². The SMILES string of the molecule is CCC1CNCCC1(O)C1CCCCC1. The predicted octanol–water partition coefficient (Wildman–Crippen LogP) is 2.32. The molecule has 1 saturated carbocycles. The second-order valence-electron chi connectivity index (χ2n) is 5.39. The quantitative estimate of drug-likeness (QED) is 0.734. The van der Waals surface area contributed by atoms with Crippen LogP contribution in [0.2, 0.25) is 0 Å². The molecule has 1 saturated heterocycles. The van der Waals surface area contributed by atoms with E-state index in [-0.39, 0.29) is 5.60 Å². The van der Waals surface area contributed by atoms with E-state index in [1.165, 1.54) is 32.1 Å². The van der Waals surface area contributed by atoms with E-state index in [2.05, 4.69) is 12.2 Å². The number of hydrogen-bond acceptors (Lipinski definition) is 2. The Balaban J connectivity index is 2.06. The van der Waals surface area contributed by atoms with Gasteiger partial charge in [-0.3, -0.25) is 0 Å². The van der Waals surface area contributed by atoms with E-state index in [4.69, 9.17) is 0 Å². The third-order valence-electron chi connectivity index (χ3n) is 4.60. The van der Waals surface area contributed by atoms with Crippen molar-refractivity contribution in [1.82, 2.24) is 5.32 Å². The standard InChI is InChI=1S/C13H25NO/c1-2-11-10-14-9-8-13(11,15)12-6-4-3-5-7-12/h11-12,14-15H,2-10H2,1H3. The van der Waals surface area contributed by atoms with E-state index in [9.17, 15) is 5.11 Å². The molecular formula is C13H25NO. The number of rotatable bonds is 2. The van der Waals surface area contributed by atoms with Crippen LogP contribution in [0.4, 0.5) is 0 Å². The molecule has 0 aromatic rings. The van der Waals surface area contributed by atoms with Gasteiger partial charge in [-0.25, -0.2) is 0 Å². The van der Waals surface area contributed by atoms with Gasteiger partial charge in [0.15, 0.2) is 0 Å². The summed E-state index contributed by atoms with van der Waals surface area (Å²) in [5.41, 5.74) is -0.347. The van der Waals surface area contributed by atoms with Gasteiger partial charge in [-0.2, -0.15) is 0 Å². The Kier molecular flexibility index (Phi) is 3.68. The fourth-order valence-corrected chi connectivity index (χ4v) is 3.58. The topological polar surface area (TPSA) is 32.3 Å². The predicted molar refractivity (Wildman–Crippen MR) is 62.8 cm³/mol. The Morgan fingerprint density at radius 2 is 2.00 bits per heavy atom. The van der Waals surface area contributed by atoms with Crippen molar-refractivity contribution >= 4 is 0 Å². The molecule has 0 bridgehead atoms. The van der Waals surface area contributed by atoms with Gasteiger partial charge in [-0.05, 0) is 38.1 Å². The highest BCUT2D eigenvalue weighted by atomic mass is 16.3. The minimum Gasteiger partial charge on any atom is -0.389 e. The van der Waals surface area contributed by atoms with Gasteiger partial charge in [0.2, 0.25) is 0 Å². The number of hydrogen-bond donors (Lipinski definition) is 2. The number of nitrogens with one attached hydrogen (secondary N) is 1. The first-order valence-corrected chi connectivity index (χ1v) is 6.70. The number of piperidine rings is 1. The van der Waals surface area contributed by atoms with Gasteiger partial charge in [0, 0.05) is 12.5 Å². The fraction of sp³-hybridized carbons (Fsp3) is 1.00. The van der Waals surface area contributed by atoms with Crippen molar-refractivity contribution < 1.29 is 5.11 Å². The Morgan fingerprint density at radius 3 is 2.67 bits per heavy atom. The lowest BCUT2D eigenvalue weighted by Gasteiger charge is -2.47. The molecule has 0 spiro atoms.